The van der Waals surface area contributed by atoms with Gasteiger partial charge >= 0.3 is 11.8 Å². The summed E-state index contributed by atoms with van der Waals surface area (Å²) in [5, 5.41) is 4.64. The molecule has 0 aliphatic carbocycles. The van der Waals surface area contributed by atoms with Crippen LogP contribution >= 0.6 is 11.3 Å². The molecule has 0 unspecified atom stereocenters. The Morgan fingerprint density at radius 1 is 1.40 bits per heavy atom. The van der Waals surface area contributed by atoms with Gasteiger partial charge in [0.05, 0.1) is 17.7 Å². The Morgan fingerprint density at radius 3 is 2.60 bits per heavy atom. The van der Waals surface area contributed by atoms with Crippen molar-refractivity contribution in [3.63, 3.8) is 0 Å². The Balaban J connectivity index is 2.04. The summed E-state index contributed by atoms with van der Waals surface area (Å²) in [7, 11) is 0. The largest absolute Gasteiger partial charge is 0.316 e. The van der Waals surface area contributed by atoms with Crippen LogP contribution in [0.5, 0.6) is 0 Å². The van der Waals surface area contributed by atoms with Crippen LogP contribution in [0.4, 0.5) is 0 Å². The number of rotatable bonds is 2. The van der Waals surface area contributed by atoms with Gasteiger partial charge in [-0.25, -0.2) is 9.98 Å². The molecule has 0 spiro atoms. The van der Waals surface area contributed by atoms with Crippen molar-refractivity contribution in [2.24, 2.45) is 4.99 Å². The SMILES string of the molecule is Cc1ncsc1CN=C1NC(=O)C(=O)N1. The van der Waals surface area contributed by atoms with E-state index in [1.165, 1.54) is 11.3 Å². The van der Waals surface area contributed by atoms with Crippen molar-refractivity contribution >= 4 is 29.1 Å². The molecule has 1 aromatic heterocycles. The number of guanidine groups is 1. The standard InChI is InChI=1S/C8H8N4O2S/c1-4-5(15-3-10-4)2-9-8-11-6(13)7(14)12-8/h3H,2H2,1H3,(H2,9,11,12,13,14). The maximum Gasteiger partial charge on any atom is 0.316 e. The fraction of sp³-hybridized carbons (Fsp3) is 0.250. The summed E-state index contributed by atoms with van der Waals surface area (Å²) in [5.74, 6) is -1.14. The van der Waals surface area contributed by atoms with Crippen LogP contribution in [0.1, 0.15) is 10.6 Å². The van der Waals surface area contributed by atoms with E-state index >= 15 is 0 Å². The third-order valence-corrected chi connectivity index (χ3v) is 2.82. The van der Waals surface area contributed by atoms with Gasteiger partial charge in [0.2, 0.25) is 5.96 Å². The lowest BCUT2D eigenvalue weighted by Crippen LogP contribution is -2.25. The van der Waals surface area contributed by atoms with E-state index in [0.29, 0.717) is 6.54 Å². The van der Waals surface area contributed by atoms with E-state index in [-0.39, 0.29) is 5.96 Å². The minimum Gasteiger partial charge on any atom is -0.288 e. The minimum absolute atomic E-state index is 0.206. The highest BCUT2D eigenvalue weighted by atomic mass is 32.1. The molecular formula is C8H8N4O2S. The molecule has 2 N–H and O–H groups in total. The second-order valence-corrected chi connectivity index (χ2v) is 3.87. The van der Waals surface area contributed by atoms with Gasteiger partial charge in [-0.15, -0.1) is 11.3 Å². The van der Waals surface area contributed by atoms with Gasteiger partial charge in [-0.3, -0.25) is 20.2 Å². The zero-order chi connectivity index (χ0) is 10.8. The molecular weight excluding hydrogens is 216 g/mol. The molecule has 0 saturated carbocycles. The van der Waals surface area contributed by atoms with Crippen molar-refractivity contribution in [1.29, 1.82) is 0 Å². The van der Waals surface area contributed by atoms with Crippen LogP contribution in [0, 0.1) is 6.92 Å². The van der Waals surface area contributed by atoms with Gasteiger partial charge in [0.15, 0.2) is 0 Å². The Hall–Kier alpha value is -1.76. The van der Waals surface area contributed by atoms with E-state index in [2.05, 4.69) is 20.6 Å². The first-order chi connectivity index (χ1) is 7.16. The highest BCUT2D eigenvalue weighted by Gasteiger charge is 2.24. The van der Waals surface area contributed by atoms with Gasteiger partial charge in [-0.1, -0.05) is 0 Å². The molecule has 1 saturated heterocycles. The Morgan fingerprint density at radius 2 is 2.07 bits per heavy atom. The summed E-state index contributed by atoms with van der Waals surface area (Å²) < 4.78 is 0. The Labute approximate surface area is 89.4 Å². The zero-order valence-electron chi connectivity index (χ0n) is 7.90. The van der Waals surface area contributed by atoms with Crippen LogP contribution in [-0.4, -0.2) is 22.8 Å². The normalized spacial score (nSPS) is 15.1. The summed E-state index contributed by atoms with van der Waals surface area (Å²) in [4.78, 5) is 30.7. The van der Waals surface area contributed by atoms with Gasteiger partial charge in [-0.05, 0) is 6.92 Å². The number of hydrogen-bond acceptors (Lipinski definition) is 5. The van der Waals surface area contributed by atoms with Crippen molar-refractivity contribution in [3.05, 3.63) is 16.1 Å². The average Bonchev–Trinajstić information content (AvgIpc) is 2.72. The number of carbonyl (C=O) groups excluding carboxylic acids is 2. The molecule has 6 nitrogen and oxygen atoms in total. The molecule has 1 fully saturated rings. The highest BCUT2D eigenvalue weighted by Crippen LogP contribution is 2.12. The minimum atomic E-state index is -0.672. The number of nitrogens with one attached hydrogen (secondary N) is 2. The molecule has 1 aliphatic rings. The molecule has 2 heterocycles. The van der Waals surface area contributed by atoms with Crippen molar-refractivity contribution in [2.45, 2.75) is 13.5 Å². The van der Waals surface area contributed by atoms with Gasteiger partial charge in [0.25, 0.3) is 0 Å². The molecule has 2 amide bonds. The van der Waals surface area contributed by atoms with E-state index in [1.54, 1.807) is 5.51 Å². The van der Waals surface area contributed by atoms with E-state index in [4.69, 9.17) is 0 Å². The Bertz CT molecular complexity index is 433. The molecule has 0 radical (unpaired) electrons. The molecule has 15 heavy (non-hydrogen) atoms. The fourth-order valence-corrected chi connectivity index (χ4v) is 1.77. The number of carbonyl (C=O) groups is 2. The lowest BCUT2D eigenvalue weighted by Gasteiger charge is -1.95. The number of aryl methyl sites for hydroxylation is 1. The second kappa shape index (κ2) is 3.77. The Kier molecular flexibility index (Phi) is 2.46. The molecule has 0 bridgehead atoms. The highest BCUT2D eigenvalue weighted by molar-refractivity contribution is 7.09. The van der Waals surface area contributed by atoms with Crippen LogP contribution in [0.3, 0.4) is 0 Å². The van der Waals surface area contributed by atoms with E-state index in [0.717, 1.165) is 10.6 Å². The summed E-state index contributed by atoms with van der Waals surface area (Å²) >= 11 is 1.49. The van der Waals surface area contributed by atoms with Crippen molar-refractivity contribution < 1.29 is 9.59 Å². The predicted octanol–water partition coefficient (Wildman–Crippen LogP) is -0.446. The quantitative estimate of drug-likeness (QED) is 0.667. The van der Waals surface area contributed by atoms with Crippen molar-refractivity contribution in [3.8, 4) is 0 Å². The van der Waals surface area contributed by atoms with Gasteiger partial charge in [0.1, 0.15) is 0 Å². The monoisotopic (exact) mass is 224 g/mol. The number of amides is 2. The van der Waals surface area contributed by atoms with Crippen molar-refractivity contribution in [1.82, 2.24) is 15.6 Å². The molecule has 7 heteroatoms. The molecule has 1 aliphatic heterocycles. The smallest absolute Gasteiger partial charge is 0.288 e. The summed E-state index contributed by atoms with van der Waals surface area (Å²) in [6.07, 6.45) is 0. The summed E-state index contributed by atoms with van der Waals surface area (Å²) in [5.41, 5.74) is 2.65. The maximum absolute atomic E-state index is 10.8. The fourth-order valence-electron chi connectivity index (χ4n) is 1.07. The van der Waals surface area contributed by atoms with Crippen LogP contribution in [0.15, 0.2) is 10.5 Å². The van der Waals surface area contributed by atoms with E-state index < -0.39 is 11.8 Å². The number of aromatic nitrogens is 1. The molecule has 0 atom stereocenters. The molecule has 78 valence electrons. The summed E-state index contributed by atoms with van der Waals surface area (Å²) in [6, 6.07) is 0. The second-order valence-electron chi connectivity index (χ2n) is 2.93. The molecule has 0 aromatic carbocycles. The zero-order valence-corrected chi connectivity index (χ0v) is 8.72. The van der Waals surface area contributed by atoms with Crippen molar-refractivity contribution in [2.75, 3.05) is 0 Å². The number of hydrogen-bond donors (Lipinski definition) is 2. The number of aliphatic imine (C=N–C) groups is 1. The summed E-state index contributed by atoms with van der Waals surface area (Å²) in [6.45, 7) is 2.30. The maximum atomic E-state index is 10.8. The van der Waals surface area contributed by atoms with Crippen LogP contribution < -0.4 is 10.6 Å². The van der Waals surface area contributed by atoms with Gasteiger partial charge in [-0.2, -0.15) is 0 Å². The average molecular weight is 224 g/mol. The predicted molar refractivity (Wildman–Crippen MR) is 54.3 cm³/mol. The third kappa shape index (κ3) is 2.01. The number of nitrogens with zero attached hydrogens (tertiary/aromatic N) is 2. The number of thiazole rings is 1. The van der Waals surface area contributed by atoms with Gasteiger partial charge < -0.3 is 0 Å². The lowest BCUT2D eigenvalue weighted by atomic mass is 10.4. The van der Waals surface area contributed by atoms with Gasteiger partial charge in [0, 0.05) is 4.88 Å². The topological polar surface area (TPSA) is 83.5 Å². The van der Waals surface area contributed by atoms with Crippen LogP contribution in [-0.2, 0) is 16.1 Å². The molecule has 2 rings (SSSR count). The lowest BCUT2D eigenvalue weighted by molar-refractivity contribution is -0.135. The van der Waals surface area contributed by atoms with Crippen LogP contribution in [0.2, 0.25) is 0 Å². The van der Waals surface area contributed by atoms with E-state index in [1.807, 2.05) is 6.92 Å². The van der Waals surface area contributed by atoms with Crippen LogP contribution in [0.25, 0.3) is 0 Å². The third-order valence-electron chi connectivity index (χ3n) is 1.90. The first-order valence-electron chi connectivity index (χ1n) is 4.22. The first kappa shape index (κ1) is 9.78. The first-order valence-corrected chi connectivity index (χ1v) is 5.10. The molecule has 1 aromatic rings. The van der Waals surface area contributed by atoms with E-state index in [9.17, 15) is 9.59 Å².